The second-order valence-electron chi connectivity index (χ2n) is 7.36. The van der Waals surface area contributed by atoms with Gasteiger partial charge in [-0.25, -0.2) is 4.39 Å². The summed E-state index contributed by atoms with van der Waals surface area (Å²) in [4.78, 5) is 17.2. The number of halogens is 1. The fourth-order valence-electron chi connectivity index (χ4n) is 4.44. The molecule has 0 radical (unpaired) electrons. The number of para-hydroxylation sites is 1. The Bertz CT molecular complexity index is 873. The number of nitrogens with one attached hydrogen (secondary N) is 1. The smallest absolute Gasteiger partial charge is 0.225 e. The molecule has 2 aliphatic heterocycles. The number of carbonyl (C=O) groups is 1. The molecule has 0 saturated carbocycles. The van der Waals surface area contributed by atoms with Crippen molar-refractivity contribution in [1.29, 1.82) is 0 Å². The SMILES string of the molecule is CCNC(=O)[C@H]1Cc2ccc(OC)cc2N2CCN(c3ccccc3F)C[C@@H]12. The first-order chi connectivity index (χ1) is 13.6. The van der Waals surface area contributed by atoms with Crippen molar-refractivity contribution in [3.63, 3.8) is 0 Å². The number of benzene rings is 2. The van der Waals surface area contributed by atoms with E-state index in [1.807, 2.05) is 25.1 Å². The van der Waals surface area contributed by atoms with Crippen molar-refractivity contribution in [2.45, 2.75) is 19.4 Å². The Balaban J connectivity index is 1.69. The Kier molecular flexibility index (Phi) is 5.11. The van der Waals surface area contributed by atoms with Crippen LogP contribution in [0.4, 0.5) is 15.8 Å². The molecule has 2 atom stereocenters. The van der Waals surface area contributed by atoms with Crippen molar-refractivity contribution in [3.05, 3.63) is 53.8 Å². The van der Waals surface area contributed by atoms with Crippen LogP contribution in [0.5, 0.6) is 5.75 Å². The molecule has 1 N–H and O–H groups in total. The molecule has 4 rings (SSSR count). The molecule has 2 heterocycles. The number of ether oxygens (including phenoxy) is 1. The van der Waals surface area contributed by atoms with Gasteiger partial charge in [-0.3, -0.25) is 4.79 Å². The minimum Gasteiger partial charge on any atom is -0.497 e. The third kappa shape index (κ3) is 3.28. The van der Waals surface area contributed by atoms with Gasteiger partial charge in [0.1, 0.15) is 11.6 Å². The van der Waals surface area contributed by atoms with Crippen LogP contribution in [-0.2, 0) is 11.2 Å². The summed E-state index contributed by atoms with van der Waals surface area (Å²) >= 11 is 0. The second-order valence-corrected chi connectivity index (χ2v) is 7.36. The van der Waals surface area contributed by atoms with E-state index >= 15 is 0 Å². The van der Waals surface area contributed by atoms with Gasteiger partial charge in [0, 0.05) is 37.9 Å². The van der Waals surface area contributed by atoms with Crippen molar-refractivity contribution < 1.29 is 13.9 Å². The lowest BCUT2D eigenvalue weighted by Crippen LogP contribution is -2.61. The van der Waals surface area contributed by atoms with Gasteiger partial charge in [0.05, 0.1) is 24.8 Å². The third-order valence-electron chi connectivity index (χ3n) is 5.81. The fourth-order valence-corrected chi connectivity index (χ4v) is 4.44. The zero-order chi connectivity index (χ0) is 19.7. The Morgan fingerprint density at radius 1 is 1.21 bits per heavy atom. The molecule has 1 amide bonds. The Hall–Kier alpha value is -2.76. The van der Waals surface area contributed by atoms with Crippen molar-refractivity contribution in [1.82, 2.24) is 5.32 Å². The standard InChI is InChI=1S/C22H26FN3O2/c1-3-24-22(27)17-12-15-8-9-16(28-2)13-20(15)26-11-10-25(14-21(17)26)19-7-5-4-6-18(19)23/h4-9,13,17,21H,3,10-12,14H2,1-2H3,(H,24,27)/t17-,21-/m0/s1. The van der Waals surface area contributed by atoms with Crippen LogP contribution >= 0.6 is 0 Å². The van der Waals surface area contributed by atoms with Crippen molar-refractivity contribution >= 4 is 17.3 Å². The minimum atomic E-state index is -0.219. The van der Waals surface area contributed by atoms with Crippen LogP contribution in [0.15, 0.2) is 42.5 Å². The topological polar surface area (TPSA) is 44.8 Å². The third-order valence-corrected chi connectivity index (χ3v) is 5.81. The minimum absolute atomic E-state index is 0.0143. The highest BCUT2D eigenvalue weighted by Gasteiger charge is 2.41. The molecule has 2 aliphatic rings. The predicted octanol–water partition coefficient (Wildman–Crippen LogP) is 2.84. The van der Waals surface area contributed by atoms with Gasteiger partial charge in [0.2, 0.25) is 5.91 Å². The van der Waals surface area contributed by atoms with Crippen LogP contribution in [0.25, 0.3) is 0 Å². The molecule has 6 heteroatoms. The molecule has 5 nitrogen and oxygen atoms in total. The van der Waals surface area contributed by atoms with E-state index in [4.69, 9.17) is 4.74 Å². The summed E-state index contributed by atoms with van der Waals surface area (Å²) in [5.74, 6) is 0.485. The molecule has 1 fully saturated rings. The summed E-state index contributed by atoms with van der Waals surface area (Å²) in [6.07, 6.45) is 0.678. The first-order valence-corrected chi connectivity index (χ1v) is 9.83. The Labute approximate surface area is 165 Å². The second kappa shape index (κ2) is 7.70. The maximum atomic E-state index is 14.4. The van der Waals surface area contributed by atoms with E-state index in [-0.39, 0.29) is 23.7 Å². The van der Waals surface area contributed by atoms with Crippen molar-refractivity contribution in [3.8, 4) is 5.75 Å². The Morgan fingerprint density at radius 2 is 2.04 bits per heavy atom. The van der Waals surface area contributed by atoms with Crippen LogP contribution in [-0.4, -0.2) is 45.2 Å². The molecule has 0 aromatic heterocycles. The van der Waals surface area contributed by atoms with E-state index in [1.165, 1.54) is 6.07 Å². The van der Waals surface area contributed by atoms with Gasteiger partial charge in [0.25, 0.3) is 0 Å². The van der Waals surface area contributed by atoms with Gasteiger partial charge in [-0.15, -0.1) is 0 Å². The number of methoxy groups -OCH3 is 1. The van der Waals surface area contributed by atoms with Gasteiger partial charge >= 0.3 is 0 Å². The van der Waals surface area contributed by atoms with Gasteiger partial charge in [-0.1, -0.05) is 18.2 Å². The normalized spacial score (nSPS) is 21.0. The first-order valence-electron chi connectivity index (χ1n) is 9.83. The van der Waals surface area contributed by atoms with Gasteiger partial charge < -0.3 is 19.9 Å². The number of hydrogen-bond donors (Lipinski definition) is 1. The average Bonchev–Trinajstić information content (AvgIpc) is 2.73. The number of fused-ring (bicyclic) bond motifs is 3. The quantitative estimate of drug-likeness (QED) is 0.882. The lowest BCUT2D eigenvalue weighted by molar-refractivity contribution is -0.125. The van der Waals surface area contributed by atoms with E-state index < -0.39 is 0 Å². The van der Waals surface area contributed by atoms with Crippen LogP contribution < -0.4 is 19.9 Å². The number of nitrogens with zero attached hydrogens (tertiary/aromatic N) is 2. The largest absolute Gasteiger partial charge is 0.497 e. The summed E-state index contributed by atoms with van der Waals surface area (Å²) in [5, 5.41) is 2.98. The number of carbonyl (C=O) groups excluding carboxylic acids is 1. The number of rotatable bonds is 4. The van der Waals surface area contributed by atoms with Crippen LogP contribution in [0.2, 0.25) is 0 Å². The molecular weight excluding hydrogens is 357 g/mol. The highest BCUT2D eigenvalue weighted by molar-refractivity contribution is 5.82. The van der Waals surface area contributed by atoms with E-state index in [9.17, 15) is 9.18 Å². The highest BCUT2D eigenvalue weighted by atomic mass is 19.1. The molecule has 1 saturated heterocycles. The van der Waals surface area contributed by atoms with E-state index in [2.05, 4.69) is 27.2 Å². The monoisotopic (exact) mass is 383 g/mol. The molecular formula is C22H26FN3O2. The zero-order valence-corrected chi connectivity index (χ0v) is 16.3. The fraction of sp³-hybridized carbons (Fsp3) is 0.409. The van der Waals surface area contributed by atoms with E-state index in [0.717, 1.165) is 23.5 Å². The number of anilines is 2. The number of amides is 1. The summed E-state index contributed by atoms with van der Waals surface area (Å²) in [6, 6.07) is 12.9. The summed E-state index contributed by atoms with van der Waals surface area (Å²) < 4.78 is 19.8. The molecule has 0 spiro atoms. The maximum Gasteiger partial charge on any atom is 0.225 e. The van der Waals surface area contributed by atoms with Crippen molar-refractivity contribution in [2.75, 3.05) is 43.1 Å². The molecule has 0 unspecified atom stereocenters. The average molecular weight is 383 g/mol. The summed E-state index contributed by atoms with van der Waals surface area (Å²) in [7, 11) is 1.66. The zero-order valence-electron chi connectivity index (χ0n) is 16.3. The highest BCUT2D eigenvalue weighted by Crippen LogP contribution is 2.39. The van der Waals surface area contributed by atoms with Gasteiger partial charge in [0.15, 0.2) is 0 Å². The van der Waals surface area contributed by atoms with Gasteiger partial charge in [-0.05, 0) is 37.1 Å². The molecule has 2 aromatic rings. The van der Waals surface area contributed by atoms with Crippen LogP contribution in [0, 0.1) is 11.7 Å². The first kappa shape index (κ1) is 18.6. The lowest BCUT2D eigenvalue weighted by atomic mass is 9.83. The predicted molar refractivity (Wildman–Crippen MR) is 109 cm³/mol. The summed E-state index contributed by atoms with van der Waals surface area (Å²) in [5.41, 5.74) is 2.89. The maximum absolute atomic E-state index is 14.4. The van der Waals surface area contributed by atoms with Crippen molar-refractivity contribution in [2.24, 2.45) is 5.92 Å². The Morgan fingerprint density at radius 3 is 2.79 bits per heavy atom. The molecule has 0 aliphatic carbocycles. The summed E-state index contributed by atoms with van der Waals surface area (Å²) in [6.45, 7) is 4.59. The molecule has 2 aromatic carbocycles. The van der Waals surface area contributed by atoms with Crippen LogP contribution in [0.3, 0.4) is 0 Å². The van der Waals surface area contributed by atoms with E-state index in [0.29, 0.717) is 31.7 Å². The molecule has 148 valence electrons. The number of piperazine rings is 1. The molecule has 0 bridgehead atoms. The lowest BCUT2D eigenvalue weighted by Gasteiger charge is -2.49. The number of hydrogen-bond acceptors (Lipinski definition) is 4. The van der Waals surface area contributed by atoms with Gasteiger partial charge in [-0.2, -0.15) is 0 Å². The van der Waals surface area contributed by atoms with E-state index in [1.54, 1.807) is 13.2 Å². The van der Waals surface area contributed by atoms with Crippen LogP contribution in [0.1, 0.15) is 12.5 Å². The molecule has 28 heavy (non-hydrogen) atoms.